The smallest absolute Gasteiger partial charge is 0.303 e. The van der Waals surface area contributed by atoms with E-state index in [9.17, 15) is 9.90 Å². The number of nitrogens with zero attached hydrogens (tertiary/aromatic N) is 2. The van der Waals surface area contributed by atoms with Crippen molar-refractivity contribution in [2.45, 2.75) is 44.6 Å². The first-order valence-corrected chi connectivity index (χ1v) is 12.7. The van der Waals surface area contributed by atoms with Crippen LogP contribution in [0.1, 0.15) is 49.4 Å². The Labute approximate surface area is 206 Å². The molecule has 176 valence electrons. The zero-order valence-corrected chi connectivity index (χ0v) is 20.5. The van der Waals surface area contributed by atoms with Crippen LogP contribution < -0.4 is 10.1 Å². The number of carboxylic acid groups (broad SMARTS) is 1. The van der Waals surface area contributed by atoms with Crippen LogP contribution in [0.4, 0.5) is 5.82 Å². The van der Waals surface area contributed by atoms with Crippen LogP contribution in [-0.2, 0) is 11.3 Å². The summed E-state index contributed by atoms with van der Waals surface area (Å²) in [5, 5.41) is 15.7. The van der Waals surface area contributed by atoms with Crippen LogP contribution in [0.5, 0.6) is 5.75 Å². The minimum absolute atomic E-state index is 0.0513. The maximum absolute atomic E-state index is 11.5. The number of benzene rings is 2. The number of fused-ring (bicyclic) bond motifs is 3. The Morgan fingerprint density at radius 1 is 1.21 bits per heavy atom. The molecule has 2 aromatic heterocycles. The number of anilines is 1. The van der Waals surface area contributed by atoms with Gasteiger partial charge in [-0.2, -0.15) is 0 Å². The van der Waals surface area contributed by atoms with Gasteiger partial charge in [0, 0.05) is 29.0 Å². The third kappa shape index (κ3) is 4.55. The van der Waals surface area contributed by atoms with Crippen molar-refractivity contribution in [2.75, 3.05) is 12.4 Å². The van der Waals surface area contributed by atoms with Gasteiger partial charge in [0.1, 0.15) is 22.2 Å². The molecule has 0 aliphatic heterocycles. The van der Waals surface area contributed by atoms with Crippen LogP contribution in [0.25, 0.3) is 20.3 Å². The van der Waals surface area contributed by atoms with Gasteiger partial charge in [-0.15, -0.1) is 11.3 Å². The molecule has 2 heterocycles. The third-order valence-electron chi connectivity index (χ3n) is 6.61. The summed E-state index contributed by atoms with van der Waals surface area (Å²) in [6.45, 7) is 0.544. The molecule has 0 amide bonds. The van der Waals surface area contributed by atoms with E-state index in [1.807, 2.05) is 30.3 Å². The fraction of sp³-hybridized carbons (Fsp3) is 0.346. The van der Waals surface area contributed by atoms with E-state index in [1.165, 1.54) is 0 Å². The maximum atomic E-state index is 11.5. The summed E-state index contributed by atoms with van der Waals surface area (Å²) in [6.07, 6.45) is 4.11. The topological polar surface area (TPSA) is 84.3 Å². The maximum Gasteiger partial charge on any atom is 0.303 e. The van der Waals surface area contributed by atoms with Crippen LogP contribution in [-0.4, -0.2) is 28.2 Å². The molecule has 1 fully saturated rings. The number of nitrogens with one attached hydrogen (secondary N) is 1. The highest BCUT2D eigenvalue weighted by molar-refractivity contribution is 7.25. The molecule has 4 aromatic rings. The summed E-state index contributed by atoms with van der Waals surface area (Å²) >= 11 is 7.98. The van der Waals surface area contributed by atoms with E-state index in [1.54, 1.807) is 18.4 Å². The highest BCUT2D eigenvalue weighted by Crippen LogP contribution is 2.42. The van der Waals surface area contributed by atoms with Gasteiger partial charge >= 0.3 is 5.97 Å². The lowest BCUT2D eigenvalue weighted by Gasteiger charge is -2.29. The summed E-state index contributed by atoms with van der Waals surface area (Å²) in [6, 6.07) is 14.0. The molecule has 1 aliphatic carbocycles. The van der Waals surface area contributed by atoms with E-state index in [4.69, 9.17) is 26.3 Å². The first-order chi connectivity index (χ1) is 16.5. The van der Waals surface area contributed by atoms with Crippen molar-refractivity contribution < 1.29 is 14.6 Å². The number of carbonyl (C=O) groups is 1. The molecule has 34 heavy (non-hydrogen) atoms. The van der Waals surface area contributed by atoms with Crippen molar-refractivity contribution in [1.82, 2.24) is 9.97 Å². The Morgan fingerprint density at radius 2 is 2.03 bits per heavy atom. The number of hydrogen-bond donors (Lipinski definition) is 2. The van der Waals surface area contributed by atoms with E-state index in [0.29, 0.717) is 17.3 Å². The van der Waals surface area contributed by atoms with E-state index >= 15 is 0 Å². The minimum Gasteiger partial charge on any atom is -0.495 e. The number of aliphatic carboxylic acids is 1. The third-order valence-corrected chi connectivity index (χ3v) is 7.97. The predicted molar refractivity (Wildman–Crippen MR) is 137 cm³/mol. The van der Waals surface area contributed by atoms with E-state index in [-0.39, 0.29) is 18.3 Å². The molecule has 2 aromatic carbocycles. The van der Waals surface area contributed by atoms with Crippen molar-refractivity contribution in [1.29, 1.82) is 0 Å². The number of thiophene rings is 1. The molecule has 0 spiro atoms. The molecular weight excluding hydrogens is 470 g/mol. The summed E-state index contributed by atoms with van der Waals surface area (Å²) in [5.41, 5.74) is 1.01. The Balaban J connectivity index is 1.55. The van der Waals surface area contributed by atoms with Crippen LogP contribution >= 0.6 is 22.9 Å². The van der Waals surface area contributed by atoms with Crippen LogP contribution in [0, 0.1) is 5.92 Å². The number of aromatic nitrogens is 2. The summed E-state index contributed by atoms with van der Waals surface area (Å²) in [7, 11) is 1.60. The second-order valence-electron chi connectivity index (χ2n) is 8.78. The summed E-state index contributed by atoms with van der Waals surface area (Å²) in [5.74, 6) is 1.53. The molecule has 0 saturated heterocycles. The van der Waals surface area contributed by atoms with Gasteiger partial charge < -0.3 is 15.2 Å². The molecule has 1 saturated carbocycles. The molecule has 0 bridgehead atoms. The standard InChI is InChI=1S/C26H26ClN3O3S/c1-33-20-11-10-15(12-19(20)27)14-28-25-23-18-8-4-5-9-21(18)34-26(23)30-24(29-25)17-7-3-2-6-16(17)13-22(31)32/h4-5,8-12,16-17H,2-3,6-7,13-14H2,1H3,(H,31,32)(H,28,29,30). The number of carboxylic acids is 1. The van der Waals surface area contributed by atoms with Crippen molar-refractivity contribution >= 4 is 55.0 Å². The number of hydrogen-bond acceptors (Lipinski definition) is 6. The fourth-order valence-corrected chi connectivity index (χ4v) is 6.32. The number of ether oxygens (including phenoxy) is 1. The molecule has 2 N–H and O–H groups in total. The zero-order chi connectivity index (χ0) is 23.7. The SMILES string of the molecule is COc1ccc(CNc2nc(C3CCCCC3CC(=O)O)nc3sc4ccccc4c23)cc1Cl. The molecule has 0 radical (unpaired) electrons. The second kappa shape index (κ2) is 9.76. The second-order valence-corrected chi connectivity index (χ2v) is 10.2. The van der Waals surface area contributed by atoms with Gasteiger partial charge in [0.15, 0.2) is 0 Å². The molecule has 8 heteroatoms. The minimum atomic E-state index is -0.755. The molecule has 6 nitrogen and oxygen atoms in total. The van der Waals surface area contributed by atoms with E-state index < -0.39 is 5.97 Å². The van der Waals surface area contributed by atoms with Crippen LogP contribution in [0.3, 0.4) is 0 Å². The van der Waals surface area contributed by atoms with E-state index in [0.717, 1.165) is 63.2 Å². The lowest BCUT2D eigenvalue weighted by Crippen LogP contribution is -2.23. The quantitative estimate of drug-likeness (QED) is 0.291. The van der Waals surface area contributed by atoms with Gasteiger partial charge in [0.2, 0.25) is 0 Å². The first kappa shape index (κ1) is 22.9. The Bertz CT molecular complexity index is 1360. The molecule has 5 rings (SSSR count). The van der Waals surface area contributed by atoms with Gasteiger partial charge in [0.25, 0.3) is 0 Å². The number of rotatable bonds is 7. The summed E-state index contributed by atoms with van der Waals surface area (Å²) in [4.78, 5) is 22.4. The Hall–Kier alpha value is -2.90. The van der Waals surface area contributed by atoms with Crippen LogP contribution in [0.2, 0.25) is 5.02 Å². The van der Waals surface area contributed by atoms with E-state index in [2.05, 4.69) is 17.4 Å². The monoisotopic (exact) mass is 495 g/mol. The molecule has 2 atom stereocenters. The molecule has 1 aliphatic rings. The molecular formula is C26H26ClN3O3S. The summed E-state index contributed by atoms with van der Waals surface area (Å²) < 4.78 is 6.42. The fourth-order valence-electron chi connectivity index (χ4n) is 4.96. The highest BCUT2D eigenvalue weighted by atomic mass is 35.5. The van der Waals surface area contributed by atoms with Crippen molar-refractivity contribution in [3.8, 4) is 5.75 Å². The van der Waals surface area contributed by atoms with Gasteiger partial charge in [0.05, 0.1) is 17.5 Å². The number of halogens is 1. The van der Waals surface area contributed by atoms with Crippen molar-refractivity contribution in [2.24, 2.45) is 5.92 Å². The lowest BCUT2D eigenvalue weighted by molar-refractivity contribution is -0.138. The largest absolute Gasteiger partial charge is 0.495 e. The molecule has 2 unspecified atom stereocenters. The van der Waals surface area contributed by atoms with Crippen molar-refractivity contribution in [3.05, 3.63) is 58.9 Å². The van der Waals surface area contributed by atoms with Crippen molar-refractivity contribution in [3.63, 3.8) is 0 Å². The normalized spacial score (nSPS) is 18.3. The van der Waals surface area contributed by atoms with Gasteiger partial charge in [-0.1, -0.05) is 48.7 Å². The zero-order valence-electron chi connectivity index (χ0n) is 18.9. The Morgan fingerprint density at radius 3 is 2.82 bits per heavy atom. The van der Waals surface area contributed by atoms with Gasteiger partial charge in [-0.25, -0.2) is 9.97 Å². The number of methoxy groups -OCH3 is 1. The first-order valence-electron chi connectivity index (χ1n) is 11.5. The highest BCUT2D eigenvalue weighted by Gasteiger charge is 2.31. The average Bonchev–Trinajstić information content (AvgIpc) is 3.21. The van der Waals surface area contributed by atoms with Gasteiger partial charge in [-0.3, -0.25) is 4.79 Å². The lowest BCUT2D eigenvalue weighted by atomic mass is 9.77. The van der Waals surface area contributed by atoms with Crippen LogP contribution in [0.15, 0.2) is 42.5 Å². The Kier molecular flexibility index (Phi) is 6.57. The predicted octanol–water partition coefficient (Wildman–Crippen LogP) is 6.87. The average molecular weight is 496 g/mol. The van der Waals surface area contributed by atoms with Gasteiger partial charge in [-0.05, 0) is 42.5 Å².